The van der Waals surface area contributed by atoms with Crippen molar-refractivity contribution in [3.8, 4) is 0 Å². The van der Waals surface area contributed by atoms with Crippen LogP contribution in [0.5, 0.6) is 0 Å². The number of hydrogen-bond acceptors (Lipinski definition) is 5. The van der Waals surface area contributed by atoms with Crippen molar-refractivity contribution in [2.45, 2.75) is 17.9 Å². The van der Waals surface area contributed by atoms with E-state index in [0.29, 0.717) is 12.2 Å². The quantitative estimate of drug-likeness (QED) is 0.294. The third-order valence-corrected chi connectivity index (χ3v) is 4.18. The number of carbonyl (C=O) groups is 1. The van der Waals surface area contributed by atoms with Crippen molar-refractivity contribution in [2.75, 3.05) is 18.2 Å². The van der Waals surface area contributed by atoms with Crippen LogP contribution in [0.3, 0.4) is 0 Å². The van der Waals surface area contributed by atoms with Gasteiger partial charge in [-0.25, -0.2) is 4.79 Å². The zero-order valence-electron chi connectivity index (χ0n) is 14.1. The number of nitrogen functional groups attached to an aromatic ring is 1. The lowest BCUT2D eigenvalue weighted by Crippen LogP contribution is -2.23. The second-order valence-electron chi connectivity index (χ2n) is 5.10. The van der Waals surface area contributed by atoms with E-state index in [1.807, 2.05) is 30.5 Å². The number of amidine groups is 1. The van der Waals surface area contributed by atoms with E-state index in [0.717, 1.165) is 16.1 Å². The molecule has 0 aliphatic carbocycles. The molecular formula is C18H22ClN3O2S. The molecule has 0 aliphatic heterocycles. The van der Waals surface area contributed by atoms with E-state index in [2.05, 4.69) is 5.32 Å². The van der Waals surface area contributed by atoms with Gasteiger partial charge < -0.3 is 15.8 Å². The van der Waals surface area contributed by atoms with E-state index in [-0.39, 0.29) is 24.2 Å². The van der Waals surface area contributed by atoms with Gasteiger partial charge >= 0.3 is 5.97 Å². The molecule has 4 N–H and O–H groups in total. The van der Waals surface area contributed by atoms with Gasteiger partial charge in [-0.2, -0.15) is 0 Å². The highest BCUT2D eigenvalue weighted by atomic mass is 35.5. The standard InChI is InChI=1S/C18H21N3O2S.ClH/c1-3-23-18(22)16(13-5-4-6-15(11-13)24-2)21-14-9-7-12(8-10-14)17(19)20;/h4-11,16,21H,3H2,1-2H3,(H3,19,20);1H. The first-order valence-electron chi connectivity index (χ1n) is 7.56. The van der Waals surface area contributed by atoms with Crippen LogP contribution in [-0.4, -0.2) is 24.7 Å². The summed E-state index contributed by atoms with van der Waals surface area (Å²) in [7, 11) is 0. The van der Waals surface area contributed by atoms with Gasteiger partial charge in [0, 0.05) is 16.1 Å². The molecular weight excluding hydrogens is 358 g/mol. The van der Waals surface area contributed by atoms with Gasteiger partial charge in [-0.1, -0.05) is 12.1 Å². The van der Waals surface area contributed by atoms with Gasteiger partial charge in [0.05, 0.1) is 6.61 Å². The third kappa shape index (κ3) is 5.69. The fraction of sp³-hybridized carbons (Fsp3) is 0.222. The van der Waals surface area contributed by atoms with Crippen molar-refractivity contribution < 1.29 is 9.53 Å². The Hall–Kier alpha value is -2.18. The fourth-order valence-corrected chi connectivity index (χ4v) is 2.71. The first kappa shape index (κ1) is 20.9. The molecule has 0 saturated carbocycles. The number of halogens is 1. The minimum absolute atomic E-state index is 0. The summed E-state index contributed by atoms with van der Waals surface area (Å²) >= 11 is 1.62. The Kier molecular flexibility index (Phi) is 8.31. The molecule has 5 nitrogen and oxygen atoms in total. The molecule has 2 rings (SSSR count). The van der Waals surface area contributed by atoms with Crippen LogP contribution in [0.2, 0.25) is 0 Å². The molecule has 1 atom stereocenters. The maximum absolute atomic E-state index is 12.4. The predicted octanol–water partition coefficient (Wildman–Crippen LogP) is 3.83. The molecule has 0 fully saturated rings. The lowest BCUT2D eigenvalue weighted by molar-refractivity contribution is -0.144. The maximum atomic E-state index is 12.4. The Morgan fingerprint density at radius 3 is 2.52 bits per heavy atom. The fourth-order valence-electron chi connectivity index (χ4n) is 2.24. The number of carbonyl (C=O) groups excluding carboxylic acids is 1. The van der Waals surface area contributed by atoms with Gasteiger partial charge in [0.1, 0.15) is 5.84 Å². The van der Waals surface area contributed by atoms with E-state index in [9.17, 15) is 4.79 Å². The average molecular weight is 380 g/mol. The smallest absolute Gasteiger partial charge is 0.333 e. The van der Waals surface area contributed by atoms with Crippen LogP contribution >= 0.6 is 24.2 Å². The number of benzene rings is 2. The first-order valence-corrected chi connectivity index (χ1v) is 8.79. The molecule has 0 spiro atoms. The zero-order chi connectivity index (χ0) is 17.5. The summed E-state index contributed by atoms with van der Waals surface area (Å²) in [5.74, 6) is -0.317. The summed E-state index contributed by atoms with van der Waals surface area (Å²) in [6.07, 6.45) is 1.99. The van der Waals surface area contributed by atoms with Crippen LogP contribution < -0.4 is 11.1 Å². The van der Waals surface area contributed by atoms with E-state index in [1.54, 1.807) is 43.0 Å². The molecule has 0 aromatic heterocycles. The molecule has 1 unspecified atom stereocenters. The van der Waals surface area contributed by atoms with E-state index in [4.69, 9.17) is 15.9 Å². The lowest BCUT2D eigenvalue weighted by Gasteiger charge is -2.19. The number of esters is 1. The van der Waals surface area contributed by atoms with Gasteiger partial charge in [-0.3, -0.25) is 5.41 Å². The predicted molar refractivity (Wildman–Crippen MR) is 106 cm³/mol. The molecule has 0 aliphatic rings. The molecule has 7 heteroatoms. The number of hydrogen-bond donors (Lipinski definition) is 3. The molecule has 0 radical (unpaired) electrons. The summed E-state index contributed by atoms with van der Waals surface area (Å²) in [5.41, 5.74) is 7.70. The van der Waals surface area contributed by atoms with E-state index >= 15 is 0 Å². The molecule has 0 amide bonds. The summed E-state index contributed by atoms with van der Waals surface area (Å²) < 4.78 is 5.20. The molecule has 0 bridgehead atoms. The van der Waals surface area contributed by atoms with Crippen LogP contribution in [0.25, 0.3) is 0 Å². The van der Waals surface area contributed by atoms with Crippen molar-refractivity contribution in [1.82, 2.24) is 0 Å². The second-order valence-corrected chi connectivity index (χ2v) is 5.98. The Morgan fingerprint density at radius 1 is 1.28 bits per heavy atom. The van der Waals surface area contributed by atoms with Crippen LogP contribution in [0, 0.1) is 5.41 Å². The average Bonchev–Trinajstić information content (AvgIpc) is 2.60. The number of ether oxygens (including phenoxy) is 1. The normalized spacial score (nSPS) is 11.1. The summed E-state index contributed by atoms with van der Waals surface area (Å²) in [6.45, 7) is 2.11. The summed E-state index contributed by atoms with van der Waals surface area (Å²) in [6, 6.07) is 14.3. The van der Waals surface area contributed by atoms with Crippen LogP contribution in [-0.2, 0) is 9.53 Å². The van der Waals surface area contributed by atoms with Crippen molar-refractivity contribution in [1.29, 1.82) is 5.41 Å². The number of nitrogens with one attached hydrogen (secondary N) is 2. The minimum Gasteiger partial charge on any atom is -0.464 e. The Balaban J connectivity index is 0.00000312. The number of rotatable bonds is 7. The number of thioether (sulfide) groups is 1. The molecule has 0 saturated heterocycles. The van der Waals surface area contributed by atoms with Crippen LogP contribution in [0.4, 0.5) is 5.69 Å². The van der Waals surface area contributed by atoms with Gasteiger partial charge in [0.25, 0.3) is 0 Å². The monoisotopic (exact) mass is 379 g/mol. The van der Waals surface area contributed by atoms with Gasteiger partial charge in [0.15, 0.2) is 6.04 Å². The Labute approximate surface area is 158 Å². The highest BCUT2D eigenvalue weighted by molar-refractivity contribution is 7.98. The molecule has 2 aromatic carbocycles. The number of nitrogens with two attached hydrogens (primary N) is 1. The highest BCUT2D eigenvalue weighted by Crippen LogP contribution is 2.25. The maximum Gasteiger partial charge on any atom is 0.333 e. The first-order chi connectivity index (χ1) is 11.5. The van der Waals surface area contributed by atoms with Crippen molar-refractivity contribution in [3.63, 3.8) is 0 Å². The number of anilines is 1. The second kappa shape index (κ2) is 9.96. The highest BCUT2D eigenvalue weighted by Gasteiger charge is 2.22. The largest absolute Gasteiger partial charge is 0.464 e. The summed E-state index contributed by atoms with van der Waals surface area (Å²) in [5, 5.41) is 10.6. The van der Waals surface area contributed by atoms with Crippen molar-refractivity contribution in [3.05, 3.63) is 59.7 Å². The van der Waals surface area contributed by atoms with Gasteiger partial charge in [-0.15, -0.1) is 24.2 Å². The topological polar surface area (TPSA) is 88.2 Å². The minimum atomic E-state index is -0.597. The van der Waals surface area contributed by atoms with E-state index < -0.39 is 6.04 Å². The van der Waals surface area contributed by atoms with Gasteiger partial charge in [-0.05, 0) is 55.1 Å². The van der Waals surface area contributed by atoms with Crippen molar-refractivity contribution >= 4 is 41.7 Å². The SMILES string of the molecule is CCOC(=O)C(Nc1ccc(C(=N)N)cc1)c1cccc(SC)c1.Cl. The Morgan fingerprint density at radius 2 is 1.96 bits per heavy atom. The van der Waals surface area contributed by atoms with Gasteiger partial charge in [0.2, 0.25) is 0 Å². The molecule has 134 valence electrons. The van der Waals surface area contributed by atoms with Crippen LogP contribution in [0.1, 0.15) is 24.1 Å². The van der Waals surface area contributed by atoms with Crippen molar-refractivity contribution in [2.24, 2.45) is 5.73 Å². The third-order valence-electron chi connectivity index (χ3n) is 3.46. The van der Waals surface area contributed by atoms with E-state index in [1.165, 1.54) is 0 Å². The summed E-state index contributed by atoms with van der Waals surface area (Å²) in [4.78, 5) is 13.5. The Bertz CT molecular complexity index is 723. The molecule has 0 heterocycles. The molecule has 25 heavy (non-hydrogen) atoms. The zero-order valence-corrected chi connectivity index (χ0v) is 15.7. The molecule has 2 aromatic rings. The van der Waals surface area contributed by atoms with Crippen LogP contribution in [0.15, 0.2) is 53.4 Å². The lowest BCUT2D eigenvalue weighted by atomic mass is 10.1.